The number of fused-ring (bicyclic) bond motifs is 1. The van der Waals surface area contributed by atoms with Crippen LogP contribution in [0, 0.1) is 12.7 Å². The van der Waals surface area contributed by atoms with E-state index in [4.69, 9.17) is 11.6 Å². The van der Waals surface area contributed by atoms with Crippen LogP contribution in [0.3, 0.4) is 0 Å². The van der Waals surface area contributed by atoms with E-state index >= 15 is 0 Å². The van der Waals surface area contributed by atoms with Crippen molar-refractivity contribution in [2.45, 2.75) is 25.8 Å². The van der Waals surface area contributed by atoms with Crippen molar-refractivity contribution in [3.8, 4) is 5.69 Å². The van der Waals surface area contributed by atoms with Crippen LogP contribution in [0.1, 0.15) is 39.6 Å². The molecule has 1 amide bonds. The van der Waals surface area contributed by atoms with Gasteiger partial charge in [-0.15, -0.1) is 0 Å². The van der Waals surface area contributed by atoms with Crippen molar-refractivity contribution < 1.29 is 9.18 Å². The number of nitrogens with one attached hydrogen (secondary N) is 1. The van der Waals surface area contributed by atoms with Gasteiger partial charge in [0.1, 0.15) is 11.0 Å². The van der Waals surface area contributed by atoms with E-state index < -0.39 is 0 Å². The first kappa shape index (κ1) is 16.8. The lowest BCUT2D eigenvalue weighted by molar-refractivity contribution is 0.0936. The summed E-state index contributed by atoms with van der Waals surface area (Å²) < 4.78 is 14.6. The van der Waals surface area contributed by atoms with E-state index in [-0.39, 0.29) is 22.9 Å². The number of halogens is 2. The number of aromatic nitrogens is 2. The molecule has 2 aromatic carbocycles. The third-order valence-corrected chi connectivity index (χ3v) is 5.09. The van der Waals surface area contributed by atoms with Crippen LogP contribution >= 0.6 is 11.6 Å². The Morgan fingerprint density at radius 2 is 1.96 bits per heavy atom. The van der Waals surface area contributed by atoms with Crippen LogP contribution < -0.4 is 5.32 Å². The molecule has 0 radical (unpaired) electrons. The van der Waals surface area contributed by atoms with E-state index in [9.17, 15) is 9.18 Å². The molecular weight excluding hydrogens is 353 g/mol. The Bertz CT molecular complexity index is 981. The van der Waals surface area contributed by atoms with Crippen LogP contribution in [0.4, 0.5) is 4.39 Å². The summed E-state index contributed by atoms with van der Waals surface area (Å²) in [6.45, 7) is 1.74. The van der Waals surface area contributed by atoms with Gasteiger partial charge in [-0.05, 0) is 55.2 Å². The molecule has 0 saturated heterocycles. The summed E-state index contributed by atoms with van der Waals surface area (Å²) >= 11 is 6.43. The molecule has 132 valence electrons. The summed E-state index contributed by atoms with van der Waals surface area (Å²) in [5.74, 6) is -0.589. The van der Waals surface area contributed by atoms with Crippen molar-refractivity contribution in [2.24, 2.45) is 0 Å². The average Bonchev–Trinajstić information content (AvgIpc) is 3.16. The van der Waals surface area contributed by atoms with Crippen molar-refractivity contribution in [1.29, 1.82) is 0 Å². The number of rotatable bonds is 3. The third kappa shape index (κ3) is 2.88. The summed E-state index contributed by atoms with van der Waals surface area (Å²) in [5, 5.41) is 7.64. The molecule has 1 aliphatic carbocycles. The Morgan fingerprint density at radius 1 is 1.23 bits per heavy atom. The number of hydrogen-bond acceptors (Lipinski definition) is 2. The zero-order chi connectivity index (χ0) is 18.3. The van der Waals surface area contributed by atoms with Crippen molar-refractivity contribution in [2.75, 3.05) is 0 Å². The number of carbonyl (C=O) groups is 1. The smallest absolute Gasteiger partial charge is 0.256 e. The molecule has 26 heavy (non-hydrogen) atoms. The quantitative estimate of drug-likeness (QED) is 0.744. The Labute approximate surface area is 155 Å². The molecule has 0 aliphatic heterocycles. The van der Waals surface area contributed by atoms with Gasteiger partial charge in [0.25, 0.3) is 5.91 Å². The van der Waals surface area contributed by atoms with Crippen LogP contribution in [0.5, 0.6) is 0 Å². The van der Waals surface area contributed by atoms with Crippen LogP contribution in [0.2, 0.25) is 5.15 Å². The number of carbonyl (C=O) groups excluding carboxylic acids is 1. The maximum absolute atomic E-state index is 13.1. The molecule has 3 aromatic rings. The SMILES string of the molecule is Cc1nn(-c2ccc(F)cc2)c(Cl)c1C(=O)NC1CCc2ccccc21. The lowest BCUT2D eigenvalue weighted by Crippen LogP contribution is -2.27. The predicted octanol–water partition coefficient (Wildman–Crippen LogP) is 4.39. The summed E-state index contributed by atoms with van der Waals surface area (Å²) in [6, 6.07) is 13.9. The van der Waals surface area contributed by atoms with Crippen molar-refractivity contribution in [3.63, 3.8) is 0 Å². The number of nitrogens with zero attached hydrogens (tertiary/aromatic N) is 2. The second kappa shape index (κ2) is 6.57. The van der Waals surface area contributed by atoms with Gasteiger partial charge < -0.3 is 5.32 Å². The summed E-state index contributed by atoms with van der Waals surface area (Å²) in [7, 11) is 0. The minimum Gasteiger partial charge on any atom is -0.345 e. The number of aryl methyl sites for hydroxylation is 2. The first-order chi connectivity index (χ1) is 12.5. The summed E-state index contributed by atoms with van der Waals surface area (Å²) in [5.41, 5.74) is 3.90. The van der Waals surface area contributed by atoms with Crippen LogP contribution in [-0.4, -0.2) is 15.7 Å². The standard InChI is InChI=1S/C20H17ClFN3O/c1-12-18(19(21)25(24-12)15-9-7-14(22)8-10-15)20(26)23-17-11-6-13-4-2-3-5-16(13)17/h2-5,7-10,17H,6,11H2,1H3,(H,23,26). The first-order valence-corrected chi connectivity index (χ1v) is 8.82. The molecule has 0 spiro atoms. The fraction of sp³-hybridized carbons (Fsp3) is 0.200. The van der Waals surface area contributed by atoms with Gasteiger partial charge in [0.05, 0.1) is 23.0 Å². The number of benzene rings is 2. The molecule has 1 atom stereocenters. The highest BCUT2D eigenvalue weighted by Gasteiger charge is 2.27. The van der Waals surface area contributed by atoms with Gasteiger partial charge in [-0.1, -0.05) is 35.9 Å². The van der Waals surface area contributed by atoms with E-state index in [1.54, 1.807) is 19.1 Å². The largest absolute Gasteiger partial charge is 0.345 e. The molecule has 0 bridgehead atoms. The predicted molar refractivity (Wildman–Crippen MR) is 98.2 cm³/mol. The normalized spacial score (nSPS) is 15.7. The van der Waals surface area contributed by atoms with Gasteiger partial charge in [0, 0.05) is 0 Å². The molecule has 0 saturated carbocycles. The van der Waals surface area contributed by atoms with Crippen molar-refractivity contribution in [3.05, 3.63) is 81.9 Å². The van der Waals surface area contributed by atoms with Gasteiger partial charge in [-0.25, -0.2) is 9.07 Å². The Hall–Kier alpha value is -2.66. The maximum Gasteiger partial charge on any atom is 0.256 e. The topological polar surface area (TPSA) is 46.9 Å². The highest BCUT2D eigenvalue weighted by Crippen LogP contribution is 2.32. The molecule has 6 heteroatoms. The fourth-order valence-electron chi connectivity index (χ4n) is 3.45. The maximum atomic E-state index is 13.1. The molecule has 0 fully saturated rings. The van der Waals surface area contributed by atoms with E-state index in [1.165, 1.54) is 22.4 Å². The second-order valence-corrected chi connectivity index (χ2v) is 6.76. The number of hydrogen-bond donors (Lipinski definition) is 1. The Kier molecular flexibility index (Phi) is 4.24. The Balaban J connectivity index is 1.62. The Morgan fingerprint density at radius 3 is 2.73 bits per heavy atom. The zero-order valence-corrected chi connectivity index (χ0v) is 14.9. The highest BCUT2D eigenvalue weighted by molar-refractivity contribution is 6.33. The van der Waals surface area contributed by atoms with Crippen molar-refractivity contribution in [1.82, 2.24) is 15.1 Å². The van der Waals surface area contributed by atoms with Crippen molar-refractivity contribution >= 4 is 17.5 Å². The zero-order valence-electron chi connectivity index (χ0n) is 14.2. The van der Waals surface area contributed by atoms with Gasteiger partial charge in [-0.3, -0.25) is 4.79 Å². The minimum absolute atomic E-state index is 0.0247. The first-order valence-electron chi connectivity index (χ1n) is 8.44. The minimum atomic E-state index is -0.341. The van der Waals surface area contributed by atoms with Gasteiger partial charge in [0.2, 0.25) is 0 Å². The van der Waals surface area contributed by atoms with Crippen LogP contribution in [0.15, 0.2) is 48.5 Å². The van der Waals surface area contributed by atoms with Gasteiger partial charge >= 0.3 is 0 Å². The van der Waals surface area contributed by atoms with Crippen LogP contribution in [0.25, 0.3) is 5.69 Å². The highest BCUT2D eigenvalue weighted by atomic mass is 35.5. The summed E-state index contributed by atoms with van der Waals surface area (Å²) in [4.78, 5) is 12.8. The van der Waals surface area contributed by atoms with Crippen LogP contribution in [-0.2, 0) is 6.42 Å². The van der Waals surface area contributed by atoms with E-state index in [0.717, 1.165) is 18.4 Å². The monoisotopic (exact) mass is 369 g/mol. The molecule has 1 unspecified atom stereocenters. The van der Waals surface area contributed by atoms with E-state index in [0.29, 0.717) is 16.9 Å². The molecule has 1 heterocycles. The third-order valence-electron chi connectivity index (χ3n) is 4.74. The van der Waals surface area contributed by atoms with E-state index in [1.807, 2.05) is 18.2 Å². The second-order valence-electron chi connectivity index (χ2n) is 6.40. The number of amides is 1. The lowest BCUT2D eigenvalue weighted by atomic mass is 10.1. The molecule has 4 rings (SSSR count). The van der Waals surface area contributed by atoms with E-state index in [2.05, 4.69) is 16.5 Å². The molecule has 1 aromatic heterocycles. The molecular formula is C20H17ClFN3O. The lowest BCUT2D eigenvalue weighted by Gasteiger charge is -2.14. The molecule has 1 N–H and O–H groups in total. The molecule has 1 aliphatic rings. The average molecular weight is 370 g/mol. The fourth-order valence-corrected chi connectivity index (χ4v) is 3.81. The van der Waals surface area contributed by atoms with Gasteiger partial charge in [-0.2, -0.15) is 5.10 Å². The molecule has 4 nitrogen and oxygen atoms in total. The van der Waals surface area contributed by atoms with Gasteiger partial charge in [0.15, 0.2) is 0 Å². The summed E-state index contributed by atoms with van der Waals surface area (Å²) in [6.07, 6.45) is 1.82.